The molecule has 0 saturated heterocycles. The summed E-state index contributed by atoms with van der Waals surface area (Å²) in [6, 6.07) is 21.3. The molecule has 9 heteroatoms. The first kappa shape index (κ1) is 26.9. The summed E-state index contributed by atoms with van der Waals surface area (Å²) in [5.74, 6) is 0.104. The number of carbonyl (C=O) groups excluding carboxylic acids is 1. The molecule has 5 rings (SSSR count). The molecule has 2 heterocycles. The summed E-state index contributed by atoms with van der Waals surface area (Å²) in [5, 5.41) is 1.18. The van der Waals surface area contributed by atoms with E-state index in [2.05, 4.69) is 4.99 Å². The van der Waals surface area contributed by atoms with Crippen LogP contribution < -0.4 is 19.6 Å². The molecule has 4 aromatic rings. The SMILES string of the molecule is CCOC(=O)C1=C(C)N=c2sc(=Cc3ccccc3OCc3ccccc3Cl)c(=O)n2C1c1ccc(Cl)cc1. The van der Waals surface area contributed by atoms with Gasteiger partial charge in [-0.25, -0.2) is 9.79 Å². The van der Waals surface area contributed by atoms with Gasteiger partial charge in [-0.1, -0.05) is 83.1 Å². The molecule has 0 fully saturated rings. The van der Waals surface area contributed by atoms with Gasteiger partial charge in [0, 0.05) is 21.2 Å². The highest BCUT2D eigenvalue weighted by Crippen LogP contribution is 2.31. The Morgan fingerprint density at radius 3 is 2.51 bits per heavy atom. The van der Waals surface area contributed by atoms with Crippen LogP contribution in [0.5, 0.6) is 5.75 Å². The van der Waals surface area contributed by atoms with Crippen LogP contribution in [0.1, 0.15) is 36.6 Å². The Balaban J connectivity index is 1.60. The maximum Gasteiger partial charge on any atom is 0.338 e. The number of thiazole rings is 1. The lowest BCUT2D eigenvalue weighted by atomic mass is 9.96. The van der Waals surface area contributed by atoms with Gasteiger partial charge in [0.05, 0.1) is 28.5 Å². The standard InChI is InChI=1S/C30H24Cl2N2O4S/c1-3-37-29(36)26-18(2)33-30-34(27(26)19-12-14-22(31)15-13-19)28(35)25(39-30)16-20-8-5-7-11-24(20)38-17-21-9-4-6-10-23(21)32/h4-16,27H,3,17H2,1-2H3. The summed E-state index contributed by atoms with van der Waals surface area (Å²) < 4.78 is 13.4. The zero-order valence-corrected chi connectivity index (χ0v) is 23.5. The van der Waals surface area contributed by atoms with Crippen molar-refractivity contribution in [3.63, 3.8) is 0 Å². The molecule has 6 nitrogen and oxygen atoms in total. The number of para-hydroxylation sites is 1. The van der Waals surface area contributed by atoms with Crippen LogP contribution in [0.2, 0.25) is 10.0 Å². The monoisotopic (exact) mass is 578 g/mol. The van der Waals surface area contributed by atoms with Crippen molar-refractivity contribution in [3.8, 4) is 5.75 Å². The zero-order valence-electron chi connectivity index (χ0n) is 21.2. The average Bonchev–Trinajstić information content (AvgIpc) is 3.23. The highest BCUT2D eigenvalue weighted by Gasteiger charge is 2.33. The van der Waals surface area contributed by atoms with Crippen LogP contribution in [-0.2, 0) is 16.1 Å². The Labute approximate surface area is 239 Å². The number of rotatable bonds is 7. The van der Waals surface area contributed by atoms with Gasteiger partial charge in [-0.05, 0) is 49.8 Å². The molecule has 39 heavy (non-hydrogen) atoms. The minimum absolute atomic E-state index is 0.207. The summed E-state index contributed by atoms with van der Waals surface area (Å²) >= 11 is 13.7. The van der Waals surface area contributed by atoms with Crippen LogP contribution in [-0.4, -0.2) is 17.1 Å². The Morgan fingerprint density at radius 1 is 1.05 bits per heavy atom. The molecule has 0 spiro atoms. The third kappa shape index (κ3) is 5.57. The molecule has 3 aromatic carbocycles. The van der Waals surface area contributed by atoms with E-state index in [1.165, 1.54) is 11.3 Å². The number of hydrogen-bond donors (Lipinski definition) is 0. The quantitative estimate of drug-likeness (QED) is 0.264. The number of aromatic nitrogens is 1. The molecule has 1 aliphatic heterocycles. The van der Waals surface area contributed by atoms with E-state index in [1.807, 2.05) is 48.5 Å². The number of hydrogen-bond acceptors (Lipinski definition) is 6. The fraction of sp³-hybridized carbons (Fsp3) is 0.167. The summed E-state index contributed by atoms with van der Waals surface area (Å²) in [5.41, 5.74) is 2.88. The lowest BCUT2D eigenvalue weighted by Crippen LogP contribution is -2.39. The van der Waals surface area contributed by atoms with E-state index in [0.717, 1.165) is 16.7 Å². The van der Waals surface area contributed by atoms with Gasteiger partial charge in [0.25, 0.3) is 5.56 Å². The van der Waals surface area contributed by atoms with Crippen LogP contribution in [0, 0.1) is 0 Å². The molecule has 1 unspecified atom stereocenters. The largest absolute Gasteiger partial charge is 0.488 e. The normalized spacial score (nSPS) is 15.1. The van der Waals surface area contributed by atoms with Gasteiger partial charge in [-0.3, -0.25) is 9.36 Å². The van der Waals surface area contributed by atoms with Crippen molar-refractivity contribution >= 4 is 46.6 Å². The molecule has 198 valence electrons. The van der Waals surface area contributed by atoms with Crippen LogP contribution >= 0.6 is 34.5 Å². The van der Waals surface area contributed by atoms with E-state index in [4.69, 9.17) is 32.7 Å². The van der Waals surface area contributed by atoms with Crippen LogP contribution in [0.15, 0.2) is 93.9 Å². The van der Waals surface area contributed by atoms with E-state index in [-0.39, 0.29) is 18.8 Å². The number of nitrogens with zero attached hydrogens (tertiary/aromatic N) is 2. The van der Waals surface area contributed by atoms with Crippen molar-refractivity contribution < 1.29 is 14.3 Å². The molecule has 1 atom stereocenters. The molecule has 0 bridgehead atoms. The van der Waals surface area contributed by atoms with E-state index in [1.54, 1.807) is 48.8 Å². The van der Waals surface area contributed by atoms with Crippen molar-refractivity contribution in [1.29, 1.82) is 0 Å². The molecule has 0 aliphatic carbocycles. The predicted octanol–water partition coefficient (Wildman–Crippen LogP) is 5.68. The zero-order chi connectivity index (χ0) is 27.5. The highest BCUT2D eigenvalue weighted by molar-refractivity contribution is 7.07. The second-order valence-corrected chi connectivity index (χ2v) is 10.6. The van der Waals surface area contributed by atoms with E-state index < -0.39 is 12.0 Å². The molecule has 0 radical (unpaired) electrons. The average molecular weight is 580 g/mol. The number of ether oxygens (including phenoxy) is 2. The highest BCUT2D eigenvalue weighted by atomic mass is 35.5. The Kier molecular flexibility index (Phi) is 8.02. The maximum absolute atomic E-state index is 13.9. The van der Waals surface area contributed by atoms with E-state index in [9.17, 15) is 9.59 Å². The van der Waals surface area contributed by atoms with Gasteiger partial charge in [0.1, 0.15) is 12.4 Å². The molecular formula is C30H24Cl2N2O4S. The van der Waals surface area contributed by atoms with Crippen LogP contribution in [0.3, 0.4) is 0 Å². The second kappa shape index (κ2) is 11.6. The Bertz CT molecular complexity index is 1760. The maximum atomic E-state index is 13.9. The van der Waals surface area contributed by atoms with Crippen molar-refractivity contribution in [2.75, 3.05) is 6.61 Å². The van der Waals surface area contributed by atoms with Crippen molar-refractivity contribution in [2.45, 2.75) is 26.5 Å². The lowest BCUT2D eigenvalue weighted by Gasteiger charge is -2.24. The first-order valence-corrected chi connectivity index (χ1v) is 13.8. The van der Waals surface area contributed by atoms with Crippen molar-refractivity contribution in [2.24, 2.45) is 4.99 Å². The summed E-state index contributed by atoms with van der Waals surface area (Å²) in [6.45, 7) is 3.98. The predicted molar refractivity (Wildman–Crippen MR) is 154 cm³/mol. The van der Waals surface area contributed by atoms with E-state index in [0.29, 0.717) is 36.4 Å². The number of allylic oxidation sites excluding steroid dienone is 1. The molecule has 1 aromatic heterocycles. The van der Waals surface area contributed by atoms with Gasteiger partial charge in [-0.15, -0.1) is 0 Å². The summed E-state index contributed by atoms with van der Waals surface area (Å²) in [4.78, 5) is 32.0. The number of halogens is 2. The fourth-order valence-electron chi connectivity index (χ4n) is 4.40. The third-order valence-corrected chi connectivity index (χ3v) is 7.85. The number of fused-ring (bicyclic) bond motifs is 1. The Morgan fingerprint density at radius 2 is 1.77 bits per heavy atom. The van der Waals surface area contributed by atoms with Crippen molar-refractivity contribution in [1.82, 2.24) is 4.57 Å². The minimum Gasteiger partial charge on any atom is -0.488 e. The summed E-state index contributed by atoms with van der Waals surface area (Å²) in [6.07, 6.45) is 1.79. The molecule has 0 amide bonds. The number of benzene rings is 3. The first-order valence-electron chi connectivity index (χ1n) is 12.3. The molecule has 0 N–H and O–H groups in total. The van der Waals surface area contributed by atoms with Crippen molar-refractivity contribution in [3.05, 3.63) is 130 Å². The van der Waals surface area contributed by atoms with Crippen LogP contribution in [0.25, 0.3) is 6.08 Å². The Hall–Kier alpha value is -3.65. The number of esters is 1. The van der Waals surface area contributed by atoms with Gasteiger partial charge in [0.15, 0.2) is 4.80 Å². The third-order valence-electron chi connectivity index (χ3n) is 6.25. The summed E-state index contributed by atoms with van der Waals surface area (Å²) in [7, 11) is 0. The molecule has 1 aliphatic rings. The first-order chi connectivity index (χ1) is 18.9. The smallest absolute Gasteiger partial charge is 0.338 e. The van der Waals surface area contributed by atoms with Gasteiger partial charge in [-0.2, -0.15) is 0 Å². The van der Waals surface area contributed by atoms with Crippen LogP contribution in [0.4, 0.5) is 0 Å². The topological polar surface area (TPSA) is 69.9 Å². The van der Waals surface area contributed by atoms with Gasteiger partial charge in [0.2, 0.25) is 0 Å². The minimum atomic E-state index is -0.702. The molecular weight excluding hydrogens is 555 g/mol. The second-order valence-electron chi connectivity index (χ2n) is 8.77. The van der Waals surface area contributed by atoms with Gasteiger partial charge < -0.3 is 9.47 Å². The van der Waals surface area contributed by atoms with E-state index >= 15 is 0 Å². The molecule has 0 saturated carbocycles. The fourth-order valence-corrected chi connectivity index (χ4v) is 5.75. The number of carbonyl (C=O) groups is 1. The van der Waals surface area contributed by atoms with Gasteiger partial charge >= 0.3 is 5.97 Å². The lowest BCUT2D eigenvalue weighted by molar-refractivity contribution is -0.139.